The number of aromatic nitrogens is 2. The maximum absolute atomic E-state index is 12.8. The summed E-state index contributed by atoms with van der Waals surface area (Å²) in [5, 5.41) is 3.47. The van der Waals surface area contributed by atoms with Gasteiger partial charge in [-0.05, 0) is 18.2 Å². The number of hydrogen-bond acceptors (Lipinski definition) is 2. The number of halogens is 2. The second kappa shape index (κ2) is 4.53. The molecule has 0 aliphatic carbocycles. The van der Waals surface area contributed by atoms with E-state index < -0.39 is 0 Å². The van der Waals surface area contributed by atoms with Crippen LogP contribution >= 0.6 is 11.6 Å². The van der Waals surface area contributed by atoms with Crippen molar-refractivity contribution in [2.75, 3.05) is 5.32 Å². The Labute approximate surface area is 97.9 Å². The van der Waals surface area contributed by atoms with Gasteiger partial charge in [0, 0.05) is 19.4 Å². The van der Waals surface area contributed by atoms with E-state index in [4.69, 9.17) is 11.6 Å². The Balaban J connectivity index is 2.08. The standard InChI is InChI=1S/C11H11ClFN3/c1-16-5-4-14-11(16)7-15-10-3-2-8(13)6-9(10)12/h2-6,15H,7H2,1H3. The van der Waals surface area contributed by atoms with Crippen molar-refractivity contribution in [3.05, 3.63) is 47.3 Å². The first-order valence-electron chi connectivity index (χ1n) is 4.82. The summed E-state index contributed by atoms with van der Waals surface area (Å²) in [5.41, 5.74) is 0.700. The minimum atomic E-state index is -0.340. The van der Waals surface area contributed by atoms with Crippen molar-refractivity contribution in [3.8, 4) is 0 Å². The molecule has 3 nitrogen and oxygen atoms in total. The van der Waals surface area contributed by atoms with Crippen LogP contribution in [0.5, 0.6) is 0 Å². The molecule has 0 saturated heterocycles. The SMILES string of the molecule is Cn1ccnc1CNc1ccc(F)cc1Cl. The molecule has 1 heterocycles. The average Bonchev–Trinajstić information content (AvgIpc) is 2.63. The third-order valence-corrected chi connectivity index (χ3v) is 2.60. The van der Waals surface area contributed by atoms with Crippen molar-refractivity contribution in [1.82, 2.24) is 9.55 Å². The minimum absolute atomic E-state index is 0.340. The fourth-order valence-electron chi connectivity index (χ4n) is 1.37. The lowest BCUT2D eigenvalue weighted by molar-refractivity contribution is 0.628. The molecule has 1 N–H and O–H groups in total. The zero-order valence-corrected chi connectivity index (χ0v) is 9.50. The third-order valence-electron chi connectivity index (χ3n) is 2.29. The van der Waals surface area contributed by atoms with Crippen molar-refractivity contribution in [1.29, 1.82) is 0 Å². The molecule has 2 rings (SSSR count). The van der Waals surface area contributed by atoms with E-state index in [-0.39, 0.29) is 5.82 Å². The molecule has 0 bridgehead atoms. The number of anilines is 1. The van der Waals surface area contributed by atoms with Crippen LogP contribution < -0.4 is 5.32 Å². The number of imidazole rings is 1. The van der Waals surface area contributed by atoms with E-state index >= 15 is 0 Å². The smallest absolute Gasteiger partial charge is 0.127 e. The Kier molecular flexibility index (Phi) is 3.10. The monoisotopic (exact) mass is 239 g/mol. The Bertz CT molecular complexity index is 496. The van der Waals surface area contributed by atoms with Crippen LogP contribution in [-0.4, -0.2) is 9.55 Å². The predicted octanol–water partition coefficient (Wildman–Crippen LogP) is 2.82. The third kappa shape index (κ3) is 2.33. The molecule has 0 amide bonds. The fourth-order valence-corrected chi connectivity index (χ4v) is 1.61. The summed E-state index contributed by atoms with van der Waals surface area (Å²) < 4.78 is 14.7. The van der Waals surface area contributed by atoms with Crippen LogP contribution in [0.2, 0.25) is 5.02 Å². The first-order valence-corrected chi connectivity index (χ1v) is 5.20. The van der Waals surface area contributed by atoms with Crippen LogP contribution in [0.4, 0.5) is 10.1 Å². The van der Waals surface area contributed by atoms with Crippen molar-refractivity contribution in [2.45, 2.75) is 6.54 Å². The van der Waals surface area contributed by atoms with Gasteiger partial charge in [-0.25, -0.2) is 9.37 Å². The maximum atomic E-state index is 12.8. The highest BCUT2D eigenvalue weighted by Crippen LogP contribution is 2.22. The quantitative estimate of drug-likeness (QED) is 0.893. The number of nitrogens with one attached hydrogen (secondary N) is 1. The summed E-state index contributed by atoms with van der Waals surface area (Å²) in [4.78, 5) is 4.16. The summed E-state index contributed by atoms with van der Waals surface area (Å²) >= 11 is 5.88. The summed E-state index contributed by atoms with van der Waals surface area (Å²) in [6.07, 6.45) is 3.59. The second-order valence-corrected chi connectivity index (χ2v) is 3.84. The van der Waals surface area contributed by atoms with Crippen LogP contribution in [0.25, 0.3) is 0 Å². The van der Waals surface area contributed by atoms with Gasteiger partial charge in [-0.1, -0.05) is 11.6 Å². The highest BCUT2D eigenvalue weighted by molar-refractivity contribution is 6.33. The van der Waals surface area contributed by atoms with Gasteiger partial charge in [0.1, 0.15) is 11.6 Å². The predicted molar refractivity (Wildman–Crippen MR) is 61.9 cm³/mol. The average molecular weight is 240 g/mol. The van der Waals surface area contributed by atoms with Crippen molar-refractivity contribution >= 4 is 17.3 Å². The zero-order chi connectivity index (χ0) is 11.5. The van der Waals surface area contributed by atoms with Crippen LogP contribution in [-0.2, 0) is 13.6 Å². The van der Waals surface area contributed by atoms with Crippen LogP contribution in [0.15, 0.2) is 30.6 Å². The van der Waals surface area contributed by atoms with Gasteiger partial charge < -0.3 is 9.88 Å². The molecular formula is C11H11ClFN3. The maximum Gasteiger partial charge on any atom is 0.127 e. The van der Waals surface area contributed by atoms with E-state index in [9.17, 15) is 4.39 Å². The first kappa shape index (κ1) is 11.0. The molecule has 0 fully saturated rings. The van der Waals surface area contributed by atoms with E-state index in [1.807, 2.05) is 17.8 Å². The highest BCUT2D eigenvalue weighted by atomic mass is 35.5. The Hall–Kier alpha value is -1.55. The number of aryl methyl sites for hydroxylation is 1. The van der Waals surface area contributed by atoms with Gasteiger partial charge in [-0.15, -0.1) is 0 Å². The largest absolute Gasteiger partial charge is 0.377 e. The Morgan fingerprint density at radius 2 is 2.31 bits per heavy atom. The molecule has 16 heavy (non-hydrogen) atoms. The number of hydrogen-bond donors (Lipinski definition) is 1. The molecule has 2 aromatic rings. The van der Waals surface area contributed by atoms with Crippen LogP contribution in [0.1, 0.15) is 5.82 Å². The van der Waals surface area contributed by atoms with Gasteiger partial charge in [0.25, 0.3) is 0 Å². The molecule has 0 aliphatic heterocycles. The molecule has 1 aromatic heterocycles. The van der Waals surface area contributed by atoms with Gasteiger partial charge in [0.15, 0.2) is 0 Å². The summed E-state index contributed by atoms with van der Waals surface area (Å²) in [7, 11) is 1.91. The molecule has 0 spiro atoms. The molecule has 5 heteroatoms. The number of rotatable bonds is 3. The molecule has 84 valence electrons. The molecule has 0 radical (unpaired) electrons. The number of nitrogens with zero attached hydrogens (tertiary/aromatic N) is 2. The van der Waals surface area contributed by atoms with Gasteiger partial charge in [0.05, 0.1) is 17.3 Å². The lowest BCUT2D eigenvalue weighted by Gasteiger charge is -2.08. The molecule has 0 saturated carbocycles. The lowest BCUT2D eigenvalue weighted by Crippen LogP contribution is -2.05. The number of benzene rings is 1. The van der Waals surface area contributed by atoms with Gasteiger partial charge in [-0.3, -0.25) is 0 Å². The van der Waals surface area contributed by atoms with Gasteiger partial charge >= 0.3 is 0 Å². The topological polar surface area (TPSA) is 29.9 Å². The van der Waals surface area contributed by atoms with Crippen LogP contribution in [0, 0.1) is 5.82 Å². The Morgan fingerprint density at radius 3 is 2.94 bits per heavy atom. The van der Waals surface area contributed by atoms with E-state index in [1.165, 1.54) is 12.1 Å². The second-order valence-electron chi connectivity index (χ2n) is 3.43. The summed E-state index contributed by atoms with van der Waals surface area (Å²) in [6.45, 7) is 0.550. The lowest BCUT2D eigenvalue weighted by atomic mass is 10.3. The molecule has 0 unspecified atom stereocenters. The van der Waals surface area contributed by atoms with E-state index in [1.54, 1.807) is 12.3 Å². The molecular weight excluding hydrogens is 229 g/mol. The zero-order valence-electron chi connectivity index (χ0n) is 8.74. The van der Waals surface area contributed by atoms with E-state index in [2.05, 4.69) is 10.3 Å². The summed E-state index contributed by atoms with van der Waals surface area (Å²) in [5.74, 6) is 0.549. The molecule has 1 aromatic carbocycles. The molecule has 0 aliphatic rings. The first-order chi connectivity index (χ1) is 7.66. The van der Waals surface area contributed by atoms with Crippen molar-refractivity contribution in [2.24, 2.45) is 7.05 Å². The minimum Gasteiger partial charge on any atom is -0.377 e. The van der Waals surface area contributed by atoms with Crippen molar-refractivity contribution < 1.29 is 4.39 Å². The van der Waals surface area contributed by atoms with Crippen LogP contribution in [0.3, 0.4) is 0 Å². The normalized spacial score (nSPS) is 10.4. The van der Waals surface area contributed by atoms with Crippen molar-refractivity contribution in [3.63, 3.8) is 0 Å². The van der Waals surface area contributed by atoms with Gasteiger partial charge in [0.2, 0.25) is 0 Å². The van der Waals surface area contributed by atoms with E-state index in [0.29, 0.717) is 17.3 Å². The van der Waals surface area contributed by atoms with Gasteiger partial charge in [-0.2, -0.15) is 0 Å². The summed E-state index contributed by atoms with van der Waals surface area (Å²) in [6, 6.07) is 4.26. The Morgan fingerprint density at radius 1 is 1.50 bits per heavy atom. The molecule has 0 atom stereocenters. The fraction of sp³-hybridized carbons (Fsp3) is 0.182. The van der Waals surface area contributed by atoms with E-state index in [0.717, 1.165) is 5.82 Å². The highest BCUT2D eigenvalue weighted by Gasteiger charge is 2.03.